The predicted molar refractivity (Wildman–Crippen MR) is 124 cm³/mol. The molecule has 0 aliphatic carbocycles. The van der Waals surface area contributed by atoms with E-state index in [-0.39, 0.29) is 11.7 Å². The average Bonchev–Trinajstić information content (AvgIpc) is 3.44. The van der Waals surface area contributed by atoms with Crippen molar-refractivity contribution in [3.8, 4) is 17.1 Å². The van der Waals surface area contributed by atoms with Crippen molar-refractivity contribution in [2.75, 3.05) is 41.5 Å². The summed E-state index contributed by atoms with van der Waals surface area (Å²) in [6, 6.07) is 15.5. The van der Waals surface area contributed by atoms with Gasteiger partial charge in [0.15, 0.2) is 5.82 Å². The Bertz CT molecular complexity index is 1010. The number of ether oxygens (including phenoxy) is 1. The number of nitrogen functional groups attached to an aromatic ring is 1. The lowest BCUT2D eigenvalue weighted by Crippen LogP contribution is -2.18. The first-order valence-corrected chi connectivity index (χ1v) is 11.3. The maximum Gasteiger partial charge on any atom is 0.234 e. The zero-order valence-corrected chi connectivity index (χ0v) is 18.3. The summed E-state index contributed by atoms with van der Waals surface area (Å²) in [7, 11) is 0. The molecule has 31 heavy (non-hydrogen) atoms. The molecule has 162 valence electrons. The van der Waals surface area contributed by atoms with E-state index in [2.05, 4.69) is 20.4 Å². The van der Waals surface area contributed by atoms with Crippen molar-refractivity contribution < 1.29 is 9.53 Å². The first-order valence-electron chi connectivity index (χ1n) is 10.4. The van der Waals surface area contributed by atoms with Crippen molar-refractivity contribution in [3.05, 3.63) is 48.5 Å². The number of amides is 1. The number of nitrogens with zero attached hydrogens (tertiary/aromatic N) is 4. The van der Waals surface area contributed by atoms with Gasteiger partial charge in [-0.25, -0.2) is 4.68 Å². The fourth-order valence-electron chi connectivity index (χ4n) is 3.50. The molecule has 9 heteroatoms. The monoisotopic (exact) mass is 438 g/mol. The molecule has 0 radical (unpaired) electrons. The summed E-state index contributed by atoms with van der Waals surface area (Å²) in [4.78, 5) is 14.7. The normalized spacial score (nSPS) is 13.4. The number of rotatable bonds is 8. The van der Waals surface area contributed by atoms with Gasteiger partial charge in [-0.15, -0.1) is 10.2 Å². The number of aromatic nitrogens is 3. The fourth-order valence-corrected chi connectivity index (χ4v) is 4.15. The van der Waals surface area contributed by atoms with E-state index in [1.807, 2.05) is 55.5 Å². The lowest BCUT2D eigenvalue weighted by molar-refractivity contribution is -0.113. The van der Waals surface area contributed by atoms with Gasteiger partial charge in [-0.2, -0.15) is 0 Å². The molecular formula is C22H26N6O2S. The molecule has 0 unspecified atom stereocenters. The number of carbonyl (C=O) groups excluding carboxylic acids is 1. The van der Waals surface area contributed by atoms with Crippen LogP contribution in [0.4, 0.5) is 11.4 Å². The predicted octanol–water partition coefficient (Wildman–Crippen LogP) is 3.39. The Hall–Kier alpha value is -3.20. The quantitative estimate of drug-likeness (QED) is 0.411. The minimum absolute atomic E-state index is 0.121. The van der Waals surface area contributed by atoms with E-state index in [4.69, 9.17) is 10.6 Å². The molecule has 2 aromatic carbocycles. The first kappa shape index (κ1) is 21.0. The van der Waals surface area contributed by atoms with Gasteiger partial charge in [0.2, 0.25) is 11.1 Å². The van der Waals surface area contributed by atoms with E-state index in [1.54, 1.807) is 0 Å². The van der Waals surface area contributed by atoms with Crippen molar-refractivity contribution in [2.24, 2.45) is 0 Å². The second-order valence-corrected chi connectivity index (χ2v) is 8.15. The van der Waals surface area contributed by atoms with E-state index in [0.717, 1.165) is 30.1 Å². The van der Waals surface area contributed by atoms with Crippen LogP contribution < -0.4 is 20.8 Å². The molecule has 1 saturated heterocycles. The van der Waals surface area contributed by atoms with E-state index in [9.17, 15) is 4.79 Å². The standard InChI is InChI=1S/C22H26N6O2S/c1-2-30-19-11-5-16(6-12-19)21-25-26-22(28(21)23)31-15-20(29)24-17-7-9-18(10-8-17)27-13-3-4-14-27/h5-12H,2-4,13-15,23H2,1H3,(H,24,29). The maximum absolute atomic E-state index is 12.4. The molecule has 1 amide bonds. The Kier molecular flexibility index (Phi) is 6.61. The minimum Gasteiger partial charge on any atom is -0.494 e. The number of nitrogens with one attached hydrogen (secondary N) is 1. The number of nitrogens with two attached hydrogens (primary N) is 1. The first-order chi connectivity index (χ1) is 15.1. The van der Waals surface area contributed by atoms with Crippen LogP contribution in [0.25, 0.3) is 11.4 Å². The molecule has 2 heterocycles. The van der Waals surface area contributed by atoms with E-state index >= 15 is 0 Å². The highest BCUT2D eigenvalue weighted by Gasteiger charge is 2.15. The third-order valence-electron chi connectivity index (χ3n) is 5.04. The van der Waals surface area contributed by atoms with Gasteiger partial charge in [-0.3, -0.25) is 4.79 Å². The smallest absolute Gasteiger partial charge is 0.234 e. The Balaban J connectivity index is 1.32. The summed E-state index contributed by atoms with van der Waals surface area (Å²) in [5.74, 6) is 7.53. The number of carbonyl (C=O) groups is 1. The third-order valence-corrected chi connectivity index (χ3v) is 5.99. The minimum atomic E-state index is -0.121. The Morgan fingerprint density at radius 1 is 1.10 bits per heavy atom. The van der Waals surface area contributed by atoms with Crippen molar-refractivity contribution in [3.63, 3.8) is 0 Å². The zero-order valence-electron chi connectivity index (χ0n) is 17.5. The number of hydrogen-bond acceptors (Lipinski definition) is 7. The van der Waals surface area contributed by atoms with E-state index < -0.39 is 0 Å². The molecule has 3 aromatic rings. The zero-order chi connectivity index (χ0) is 21.6. The summed E-state index contributed by atoms with van der Waals surface area (Å²) in [5.41, 5.74) is 2.80. The number of thioether (sulfide) groups is 1. The van der Waals surface area contributed by atoms with Gasteiger partial charge in [0, 0.05) is 30.0 Å². The second-order valence-electron chi connectivity index (χ2n) is 7.21. The molecule has 3 N–H and O–H groups in total. The molecule has 1 aliphatic rings. The highest BCUT2D eigenvalue weighted by Crippen LogP contribution is 2.25. The molecule has 0 saturated carbocycles. The maximum atomic E-state index is 12.4. The Labute approximate surface area is 185 Å². The summed E-state index contributed by atoms with van der Waals surface area (Å²) in [5, 5.41) is 11.7. The highest BCUT2D eigenvalue weighted by molar-refractivity contribution is 7.99. The van der Waals surface area contributed by atoms with Gasteiger partial charge < -0.3 is 20.8 Å². The molecule has 0 bridgehead atoms. The summed E-state index contributed by atoms with van der Waals surface area (Å²) < 4.78 is 6.85. The Morgan fingerprint density at radius 3 is 2.48 bits per heavy atom. The van der Waals surface area contributed by atoms with Gasteiger partial charge in [-0.05, 0) is 68.3 Å². The molecule has 0 atom stereocenters. The second kappa shape index (κ2) is 9.74. The van der Waals surface area contributed by atoms with Crippen molar-refractivity contribution >= 4 is 29.0 Å². The van der Waals surface area contributed by atoms with Crippen molar-refractivity contribution in [1.82, 2.24) is 14.9 Å². The molecular weight excluding hydrogens is 412 g/mol. The van der Waals surface area contributed by atoms with Gasteiger partial charge in [0.25, 0.3) is 0 Å². The fraction of sp³-hybridized carbons (Fsp3) is 0.318. The van der Waals surface area contributed by atoms with Crippen LogP contribution in [0.15, 0.2) is 53.7 Å². The van der Waals surface area contributed by atoms with Gasteiger partial charge in [0.1, 0.15) is 5.75 Å². The van der Waals surface area contributed by atoms with Crippen LogP contribution in [0.5, 0.6) is 5.75 Å². The Morgan fingerprint density at radius 2 is 1.81 bits per heavy atom. The number of hydrogen-bond donors (Lipinski definition) is 2. The van der Waals surface area contributed by atoms with Gasteiger partial charge in [-0.1, -0.05) is 11.8 Å². The lowest BCUT2D eigenvalue weighted by atomic mass is 10.2. The van der Waals surface area contributed by atoms with Crippen LogP contribution >= 0.6 is 11.8 Å². The lowest BCUT2D eigenvalue weighted by Gasteiger charge is -2.17. The molecule has 0 spiro atoms. The summed E-state index contributed by atoms with van der Waals surface area (Å²) >= 11 is 1.24. The molecule has 1 aliphatic heterocycles. The van der Waals surface area contributed by atoms with E-state index in [1.165, 1.54) is 35.0 Å². The van der Waals surface area contributed by atoms with Crippen molar-refractivity contribution in [1.29, 1.82) is 0 Å². The molecule has 8 nitrogen and oxygen atoms in total. The van der Waals surface area contributed by atoms with E-state index in [0.29, 0.717) is 17.6 Å². The van der Waals surface area contributed by atoms with Crippen LogP contribution in [-0.4, -0.2) is 46.2 Å². The topological polar surface area (TPSA) is 98.3 Å². The third kappa shape index (κ3) is 5.11. The summed E-state index contributed by atoms with van der Waals surface area (Å²) in [6.07, 6.45) is 2.48. The van der Waals surface area contributed by atoms with Crippen molar-refractivity contribution in [2.45, 2.75) is 24.9 Å². The molecule has 1 aromatic heterocycles. The largest absolute Gasteiger partial charge is 0.494 e. The molecule has 4 rings (SSSR count). The molecule has 1 fully saturated rings. The van der Waals surface area contributed by atoms with Crippen LogP contribution in [-0.2, 0) is 4.79 Å². The highest BCUT2D eigenvalue weighted by atomic mass is 32.2. The average molecular weight is 439 g/mol. The van der Waals surface area contributed by atoms with Gasteiger partial charge >= 0.3 is 0 Å². The van der Waals surface area contributed by atoms with Crippen LogP contribution in [0, 0.1) is 0 Å². The van der Waals surface area contributed by atoms with Crippen LogP contribution in [0.1, 0.15) is 19.8 Å². The SMILES string of the molecule is CCOc1ccc(-c2nnc(SCC(=O)Nc3ccc(N4CCCC4)cc3)n2N)cc1. The number of anilines is 2. The van der Waals surface area contributed by atoms with Gasteiger partial charge in [0.05, 0.1) is 12.4 Å². The van der Waals surface area contributed by atoms with Crippen LogP contribution in [0.2, 0.25) is 0 Å². The summed E-state index contributed by atoms with van der Waals surface area (Å²) in [6.45, 7) is 4.74. The van der Waals surface area contributed by atoms with Crippen LogP contribution in [0.3, 0.4) is 0 Å². The number of benzene rings is 2.